The summed E-state index contributed by atoms with van der Waals surface area (Å²) in [5.74, 6) is 0. The number of pyridine rings is 1. The quantitative estimate of drug-likeness (QED) is 0.306. The molecule has 0 spiro atoms. The Morgan fingerprint density at radius 3 is 2.08 bits per heavy atom. The van der Waals surface area contributed by atoms with E-state index in [-0.39, 0.29) is 0 Å². The molecular formula is C25H15N. The summed E-state index contributed by atoms with van der Waals surface area (Å²) in [4.78, 5) is 5.10. The monoisotopic (exact) mass is 329 g/mol. The molecule has 0 radical (unpaired) electrons. The predicted octanol–water partition coefficient (Wildman–Crippen LogP) is 6.70. The highest BCUT2D eigenvalue weighted by Crippen LogP contribution is 2.51. The van der Waals surface area contributed by atoms with Crippen LogP contribution < -0.4 is 0 Å². The lowest BCUT2D eigenvalue weighted by Crippen LogP contribution is -1.89. The number of rotatable bonds is 1. The van der Waals surface area contributed by atoms with Gasteiger partial charge in [0.15, 0.2) is 0 Å². The lowest BCUT2D eigenvalue weighted by atomic mass is 9.96. The SMILES string of the molecule is c1ccc(-c2ccc3c4c(c5ccccc5nc24)-c2ccccc2-3)cc1. The molecule has 5 aromatic rings. The maximum Gasteiger partial charge on any atom is 0.0800 e. The summed E-state index contributed by atoms with van der Waals surface area (Å²) in [5, 5.41) is 2.52. The smallest absolute Gasteiger partial charge is 0.0800 e. The maximum atomic E-state index is 5.10. The fraction of sp³-hybridized carbons (Fsp3) is 0. The largest absolute Gasteiger partial charge is 0.247 e. The van der Waals surface area contributed by atoms with Gasteiger partial charge in [0.05, 0.1) is 11.0 Å². The molecule has 0 amide bonds. The van der Waals surface area contributed by atoms with Crippen LogP contribution in [0.1, 0.15) is 0 Å². The van der Waals surface area contributed by atoms with Crippen molar-refractivity contribution in [3.8, 4) is 33.4 Å². The zero-order chi connectivity index (χ0) is 17.1. The predicted molar refractivity (Wildman–Crippen MR) is 109 cm³/mol. The Morgan fingerprint density at radius 1 is 0.500 bits per heavy atom. The van der Waals surface area contributed by atoms with Crippen LogP contribution in [-0.4, -0.2) is 4.98 Å². The molecule has 0 saturated carbocycles. The van der Waals surface area contributed by atoms with Crippen molar-refractivity contribution < 1.29 is 0 Å². The number of fused-ring (bicyclic) bond motifs is 5. The zero-order valence-electron chi connectivity index (χ0n) is 14.1. The minimum atomic E-state index is 1.06. The third kappa shape index (κ3) is 1.72. The molecule has 1 aliphatic rings. The van der Waals surface area contributed by atoms with Gasteiger partial charge < -0.3 is 0 Å². The number of nitrogens with zero attached hydrogens (tertiary/aromatic N) is 1. The Kier molecular flexibility index (Phi) is 2.67. The van der Waals surface area contributed by atoms with E-state index in [1.54, 1.807) is 0 Å². The standard InChI is InChI=1S/C25H15N/c1-2-8-16(9-3-1)17-14-15-20-18-10-4-5-11-19(18)23-21-12-6-7-13-22(21)26-25(17)24(20)23/h1-15H. The van der Waals surface area contributed by atoms with Crippen LogP contribution in [0, 0.1) is 0 Å². The fourth-order valence-electron chi connectivity index (χ4n) is 4.29. The molecule has 0 fully saturated rings. The van der Waals surface area contributed by atoms with Crippen LogP contribution in [-0.2, 0) is 0 Å². The highest BCUT2D eigenvalue weighted by Gasteiger charge is 2.25. The second-order valence-corrected chi connectivity index (χ2v) is 6.80. The molecule has 1 aliphatic carbocycles. The first kappa shape index (κ1) is 13.8. The summed E-state index contributed by atoms with van der Waals surface area (Å²) >= 11 is 0. The minimum absolute atomic E-state index is 1.06. The van der Waals surface area contributed by atoms with Crippen LogP contribution in [0.25, 0.3) is 55.2 Å². The van der Waals surface area contributed by atoms with Gasteiger partial charge in [-0.15, -0.1) is 0 Å². The van der Waals surface area contributed by atoms with Crippen LogP contribution >= 0.6 is 0 Å². The van der Waals surface area contributed by atoms with Gasteiger partial charge in [-0.1, -0.05) is 84.9 Å². The van der Waals surface area contributed by atoms with Crippen molar-refractivity contribution in [3.63, 3.8) is 0 Å². The molecule has 26 heavy (non-hydrogen) atoms. The molecule has 120 valence electrons. The van der Waals surface area contributed by atoms with E-state index in [2.05, 4.69) is 91.0 Å². The average molecular weight is 329 g/mol. The van der Waals surface area contributed by atoms with Gasteiger partial charge in [-0.3, -0.25) is 0 Å². The van der Waals surface area contributed by atoms with Crippen molar-refractivity contribution in [3.05, 3.63) is 91.0 Å². The number of benzene rings is 4. The number of para-hydroxylation sites is 1. The molecule has 0 atom stereocenters. The highest BCUT2D eigenvalue weighted by molar-refractivity contribution is 6.24. The summed E-state index contributed by atoms with van der Waals surface area (Å²) in [5.41, 5.74) is 9.81. The lowest BCUT2D eigenvalue weighted by molar-refractivity contribution is 1.50. The van der Waals surface area contributed by atoms with Crippen LogP contribution in [0.3, 0.4) is 0 Å². The molecule has 0 saturated heterocycles. The molecule has 4 aromatic carbocycles. The minimum Gasteiger partial charge on any atom is -0.247 e. The molecule has 0 unspecified atom stereocenters. The van der Waals surface area contributed by atoms with E-state index in [4.69, 9.17) is 4.98 Å². The van der Waals surface area contributed by atoms with E-state index in [0.717, 1.165) is 11.0 Å². The molecule has 0 bridgehead atoms. The summed E-state index contributed by atoms with van der Waals surface area (Å²) in [6.45, 7) is 0. The number of hydrogen-bond donors (Lipinski definition) is 0. The van der Waals surface area contributed by atoms with Gasteiger partial charge in [-0.2, -0.15) is 0 Å². The molecule has 1 heteroatoms. The molecule has 0 N–H and O–H groups in total. The van der Waals surface area contributed by atoms with E-state index in [1.807, 2.05) is 0 Å². The first-order chi connectivity index (χ1) is 12.9. The van der Waals surface area contributed by atoms with Gasteiger partial charge >= 0.3 is 0 Å². The van der Waals surface area contributed by atoms with E-state index in [0.29, 0.717) is 0 Å². The molecule has 1 heterocycles. The van der Waals surface area contributed by atoms with E-state index in [9.17, 15) is 0 Å². The van der Waals surface area contributed by atoms with Gasteiger partial charge in [0.2, 0.25) is 0 Å². The summed E-state index contributed by atoms with van der Waals surface area (Å²) in [6, 6.07) is 32.2. The second kappa shape index (κ2) is 5.03. The molecular weight excluding hydrogens is 314 g/mol. The van der Waals surface area contributed by atoms with Crippen molar-refractivity contribution in [1.29, 1.82) is 0 Å². The third-order valence-corrected chi connectivity index (χ3v) is 5.40. The Balaban J connectivity index is 1.86. The van der Waals surface area contributed by atoms with E-state index in [1.165, 1.54) is 44.2 Å². The van der Waals surface area contributed by atoms with E-state index < -0.39 is 0 Å². The van der Waals surface area contributed by atoms with Crippen LogP contribution in [0.4, 0.5) is 0 Å². The van der Waals surface area contributed by atoms with E-state index >= 15 is 0 Å². The average Bonchev–Trinajstić information content (AvgIpc) is 3.05. The molecule has 0 aliphatic heterocycles. The summed E-state index contributed by atoms with van der Waals surface area (Å²) < 4.78 is 0. The third-order valence-electron chi connectivity index (χ3n) is 5.40. The molecule has 1 nitrogen and oxygen atoms in total. The van der Waals surface area contributed by atoms with Crippen molar-refractivity contribution >= 4 is 21.8 Å². The van der Waals surface area contributed by atoms with Gasteiger partial charge in [0.1, 0.15) is 0 Å². The van der Waals surface area contributed by atoms with Crippen molar-refractivity contribution in [1.82, 2.24) is 4.98 Å². The van der Waals surface area contributed by atoms with Crippen LogP contribution in [0.2, 0.25) is 0 Å². The Hall–Kier alpha value is -3.45. The first-order valence-electron chi connectivity index (χ1n) is 8.92. The van der Waals surface area contributed by atoms with Gasteiger partial charge in [-0.05, 0) is 28.3 Å². The van der Waals surface area contributed by atoms with Gasteiger partial charge in [-0.25, -0.2) is 4.98 Å². The van der Waals surface area contributed by atoms with Crippen molar-refractivity contribution in [2.75, 3.05) is 0 Å². The second-order valence-electron chi connectivity index (χ2n) is 6.80. The van der Waals surface area contributed by atoms with Gasteiger partial charge in [0.25, 0.3) is 0 Å². The number of hydrogen-bond acceptors (Lipinski definition) is 1. The van der Waals surface area contributed by atoms with Crippen LogP contribution in [0.15, 0.2) is 91.0 Å². The highest BCUT2D eigenvalue weighted by atomic mass is 14.7. The summed E-state index contributed by atoms with van der Waals surface area (Å²) in [6.07, 6.45) is 0. The fourth-order valence-corrected chi connectivity index (χ4v) is 4.29. The van der Waals surface area contributed by atoms with Crippen molar-refractivity contribution in [2.45, 2.75) is 0 Å². The molecule has 1 aromatic heterocycles. The Bertz CT molecular complexity index is 1320. The zero-order valence-corrected chi connectivity index (χ0v) is 14.1. The Morgan fingerprint density at radius 2 is 1.19 bits per heavy atom. The van der Waals surface area contributed by atoms with Crippen LogP contribution in [0.5, 0.6) is 0 Å². The van der Waals surface area contributed by atoms with Crippen molar-refractivity contribution in [2.24, 2.45) is 0 Å². The summed E-state index contributed by atoms with van der Waals surface area (Å²) in [7, 11) is 0. The first-order valence-corrected chi connectivity index (χ1v) is 8.92. The topological polar surface area (TPSA) is 12.9 Å². The lowest BCUT2D eigenvalue weighted by Gasteiger charge is -2.11. The maximum absolute atomic E-state index is 5.10. The van der Waals surface area contributed by atoms with Gasteiger partial charge in [0, 0.05) is 21.9 Å². The Labute approximate surface area is 151 Å². The number of aromatic nitrogens is 1. The molecule has 6 rings (SSSR count). The normalized spacial score (nSPS) is 11.8.